The van der Waals surface area contributed by atoms with Gasteiger partial charge in [0, 0.05) is 12.6 Å². The number of nitrogens with zero attached hydrogens (tertiary/aromatic N) is 1. The number of nitrogens with two attached hydrogens (primary N) is 1. The van der Waals surface area contributed by atoms with E-state index >= 15 is 0 Å². The lowest BCUT2D eigenvalue weighted by atomic mass is 9.83. The van der Waals surface area contributed by atoms with Crippen LogP contribution in [-0.4, -0.2) is 30.6 Å². The predicted octanol–water partition coefficient (Wildman–Crippen LogP) is 3.38. The molecular formula is C18H28N2. The molecule has 2 nitrogen and oxygen atoms in total. The van der Waals surface area contributed by atoms with Crippen molar-refractivity contribution in [2.45, 2.75) is 50.5 Å². The van der Waals surface area contributed by atoms with Crippen LogP contribution >= 0.6 is 0 Å². The van der Waals surface area contributed by atoms with E-state index in [9.17, 15) is 0 Å². The molecule has 2 fully saturated rings. The molecule has 1 saturated heterocycles. The maximum atomic E-state index is 6.29. The maximum absolute atomic E-state index is 6.29. The first-order chi connectivity index (χ1) is 9.83. The second kappa shape index (κ2) is 6.73. The van der Waals surface area contributed by atoms with E-state index in [4.69, 9.17) is 5.73 Å². The van der Waals surface area contributed by atoms with Crippen LogP contribution in [0.5, 0.6) is 0 Å². The molecule has 0 bridgehead atoms. The number of rotatable bonds is 3. The molecule has 1 saturated carbocycles. The molecule has 0 aromatic heterocycles. The largest absolute Gasteiger partial charge is 0.327 e. The number of hydrogen-bond donors (Lipinski definition) is 1. The van der Waals surface area contributed by atoms with Gasteiger partial charge in [-0.1, -0.05) is 43.2 Å². The summed E-state index contributed by atoms with van der Waals surface area (Å²) in [7, 11) is 0. The van der Waals surface area contributed by atoms with Crippen LogP contribution in [0.25, 0.3) is 0 Å². The molecule has 1 aromatic rings. The van der Waals surface area contributed by atoms with Crippen LogP contribution in [0.3, 0.4) is 0 Å². The summed E-state index contributed by atoms with van der Waals surface area (Å²) in [6.45, 7) is 3.74. The number of hydrogen-bond acceptors (Lipinski definition) is 2. The fourth-order valence-electron chi connectivity index (χ4n) is 3.97. The third kappa shape index (κ3) is 3.42. The Hall–Kier alpha value is -0.860. The number of likely N-dealkylation sites (tertiary alicyclic amines) is 1. The fourth-order valence-corrected chi connectivity index (χ4v) is 3.97. The molecule has 1 heterocycles. The summed E-state index contributed by atoms with van der Waals surface area (Å²) in [5.41, 5.74) is 7.82. The van der Waals surface area contributed by atoms with Gasteiger partial charge in [-0.3, -0.25) is 0 Å². The first kappa shape index (κ1) is 14.1. The van der Waals surface area contributed by atoms with E-state index in [1.807, 2.05) is 0 Å². The van der Waals surface area contributed by atoms with Crippen molar-refractivity contribution in [1.29, 1.82) is 0 Å². The molecule has 20 heavy (non-hydrogen) atoms. The van der Waals surface area contributed by atoms with Crippen LogP contribution in [0.4, 0.5) is 0 Å². The van der Waals surface area contributed by atoms with Gasteiger partial charge in [-0.2, -0.15) is 0 Å². The van der Waals surface area contributed by atoms with Crippen molar-refractivity contribution in [2.75, 3.05) is 19.6 Å². The minimum atomic E-state index is 0.454. The monoisotopic (exact) mass is 272 g/mol. The lowest BCUT2D eigenvalue weighted by molar-refractivity contribution is 0.152. The topological polar surface area (TPSA) is 29.3 Å². The van der Waals surface area contributed by atoms with E-state index in [0.29, 0.717) is 6.04 Å². The molecule has 2 unspecified atom stereocenters. The van der Waals surface area contributed by atoms with Crippen LogP contribution in [0.2, 0.25) is 0 Å². The Morgan fingerprint density at radius 1 is 0.950 bits per heavy atom. The Balaban J connectivity index is 1.49. The van der Waals surface area contributed by atoms with Gasteiger partial charge in [0.05, 0.1) is 0 Å². The van der Waals surface area contributed by atoms with E-state index in [-0.39, 0.29) is 0 Å². The summed E-state index contributed by atoms with van der Waals surface area (Å²) in [5.74, 6) is 1.52. The summed E-state index contributed by atoms with van der Waals surface area (Å²) in [4.78, 5) is 2.66. The fraction of sp³-hybridized carbons (Fsp3) is 0.667. The highest BCUT2D eigenvalue weighted by Gasteiger charge is 2.26. The van der Waals surface area contributed by atoms with Crippen molar-refractivity contribution >= 4 is 0 Å². The molecule has 2 aliphatic rings. The quantitative estimate of drug-likeness (QED) is 0.914. The molecule has 1 aromatic carbocycles. The summed E-state index contributed by atoms with van der Waals surface area (Å²) >= 11 is 0. The van der Waals surface area contributed by atoms with Gasteiger partial charge in [-0.25, -0.2) is 0 Å². The molecule has 3 rings (SSSR count). The van der Waals surface area contributed by atoms with Crippen molar-refractivity contribution in [3.8, 4) is 0 Å². The molecule has 0 radical (unpaired) electrons. The Morgan fingerprint density at radius 3 is 2.35 bits per heavy atom. The van der Waals surface area contributed by atoms with Crippen LogP contribution in [-0.2, 0) is 0 Å². The zero-order valence-electron chi connectivity index (χ0n) is 12.5. The van der Waals surface area contributed by atoms with E-state index in [2.05, 4.69) is 35.2 Å². The van der Waals surface area contributed by atoms with Gasteiger partial charge in [-0.05, 0) is 56.2 Å². The van der Waals surface area contributed by atoms with Gasteiger partial charge in [0.1, 0.15) is 0 Å². The van der Waals surface area contributed by atoms with Crippen molar-refractivity contribution in [2.24, 2.45) is 11.7 Å². The molecule has 110 valence electrons. The molecule has 1 aliphatic carbocycles. The van der Waals surface area contributed by atoms with Crippen LogP contribution in [0.1, 0.15) is 50.0 Å². The molecule has 2 heteroatoms. The normalized spacial score (nSPS) is 29.4. The van der Waals surface area contributed by atoms with Gasteiger partial charge >= 0.3 is 0 Å². The van der Waals surface area contributed by atoms with Gasteiger partial charge in [0.2, 0.25) is 0 Å². The van der Waals surface area contributed by atoms with E-state index in [1.165, 1.54) is 63.7 Å². The third-order valence-corrected chi connectivity index (χ3v) is 5.32. The summed E-state index contributed by atoms with van der Waals surface area (Å²) in [6, 6.07) is 11.5. The maximum Gasteiger partial charge on any atom is 0.00793 e. The van der Waals surface area contributed by atoms with Crippen molar-refractivity contribution < 1.29 is 0 Å². The van der Waals surface area contributed by atoms with Crippen molar-refractivity contribution in [3.63, 3.8) is 0 Å². The molecule has 0 spiro atoms. The second-order valence-electron chi connectivity index (χ2n) is 6.69. The lowest BCUT2D eigenvalue weighted by Gasteiger charge is -2.37. The summed E-state index contributed by atoms with van der Waals surface area (Å²) in [6.07, 6.45) is 7.94. The lowest BCUT2D eigenvalue weighted by Crippen LogP contribution is -2.43. The van der Waals surface area contributed by atoms with Crippen LogP contribution < -0.4 is 5.73 Å². The average Bonchev–Trinajstić information content (AvgIpc) is 2.51. The number of piperidine rings is 1. The smallest absolute Gasteiger partial charge is 0.00793 e. The Kier molecular flexibility index (Phi) is 4.74. The zero-order valence-corrected chi connectivity index (χ0v) is 12.5. The predicted molar refractivity (Wildman–Crippen MR) is 84.8 cm³/mol. The van der Waals surface area contributed by atoms with Crippen molar-refractivity contribution in [3.05, 3.63) is 35.9 Å². The molecular weight excluding hydrogens is 244 g/mol. The highest BCUT2D eigenvalue weighted by molar-refractivity contribution is 5.20. The zero-order chi connectivity index (χ0) is 13.8. The first-order valence-electron chi connectivity index (χ1n) is 8.36. The minimum absolute atomic E-state index is 0.454. The number of benzene rings is 1. The average molecular weight is 272 g/mol. The van der Waals surface area contributed by atoms with Crippen molar-refractivity contribution in [1.82, 2.24) is 4.90 Å². The molecule has 1 aliphatic heterocycles. The first-order valence-corrected chi connectivity index (χ1v) is 8.36. The van der Waals surface area contributed by atoms with E-state index < -0.39 is 0 Å². The van der Waals surface area contributed by atoms with Crippen LogP contribution in [0, 0.1) is 5.92 Å². The van der Waals surface area contributed by atoms with Gasteiger partial charge in [0.15, 0.2) is 0 Å². The standard InChI is InChI=1S/C18H28N2/c19-18-9-5-4-8-17(18)14-20-12-10-16(11-13-20)15-6-2-1-3-7-15/h1-3,6-7,16-18H,4-5,8-14,19H2. The van der Waals surface area contributed by atoms with E-state index in [1.54, 1.807) is 0 Å². The molecule has 2 atom stereocenters. The highest BCUT2D eigenvalue weighted by Crippen LogP contribution is 2.30. The van der Waals surface area contributed by atoms with E-state index in [0.717, 1.165) is 11.8 Å². The SMILES string of the molecule is NC1CCCCC1CN1CCC(c2ccccc2)CC1. The summed E-state index contributed by atoms with van der Waals surface area (Å²) < 4.78 is 0. The Morgan fingerprint density at radius 2 is 1.65 bits per heavy atom. The highest BCUT2D eigenvalue weighted by atomic mass is 15.1. The Bertz CT molecular complexity index is 395. The third-order valence-electron chi connectivity index (χ3n) is 5.32. The van der Waals surface area contributed by atoms with Gasteiger partial charge < -0.3 is 10.6 Å². The van der Waals surface area contributed by atoms with Gasteiger partial charge in [0.25, 0.3) is 0 Å². The summed E-state index contributed by atoms with van der Waals surface area (Å²) in [5, 5.41) is 0. The molecule has 2 N–H and O–H groups in total. The second-order valence-corrected chi connectivity index (χ2v) is 6.69. The van der Waals surface area contributed by atoms with Gasteiger partial charge in [-0.15, -0.1) is 0 Å². The minimum Gasteiger partial charge on any atom is -0.327 e. The Labute approximate surface area is 123 Å². The van der Waals surface area contributed by atoms with Crippen LogP contribution in [0.15, 0.2) is 30.3 Å². The molecule has 0 amide bonds.